The summed E-state index contributed by atoms with van der Waals surface area (Å²) in [6, 6.07) is 1.21. The van der Waals surface area contributed by atoms with Crippen LogP contribution in [0, 0.1) is 11.3 Å². The van der Waals surface area contributed by atoms with Crippen LogP contribution in [-0.4, -0.2) is 18.6 Å². The van der Waals surface area contributed by atoms with Crippen LogP contribution in [0.5, 0.6) is 0 Å². The molecule has 16 heavy (non-hydrogen) atoms. The van der Waals surface area contributed by atoms with Crippen LogP contribution < -0.4 is 11.1 Å². The van der Waals surface area contributed by atoms with Crippen molar-refractivity contribution < 1.29 is 0 Å². The quantitative estimate of drug-likeness (QED) is 0.773. The Morgan fingerprint density at radius 3 is 2.56 bits per heavy atom. The summed E-state index contributed by atoms with van der Waals surface area (Å²) in [6.07, 6.45) is 9.38. The van der Waals surface area contributed by atoms with E-state index in [1.807, 2.05) is 0 Å². The Balaban J connectivity index is 1.71. The summed E-state index contributed by atoms with van der Waals surface area (Å²) >= 11 is 0. The highest BCUT2D eigenvalue weighted by atomic mass is 14.9. The van der Waals surface area contributed by atoms with Crippen LogP contribution in [-0.2, 0) is 0 Å². The van der Waals surface area contributed by atoms with E-state index in [0.717, 1.165) is 18.5 Å². The van der Waals surface area contributed by atoms with Gasteiger partial charge in [0.15, 0.2) is 0 Å². The largest absolute Gasteiger partial charge is 0.327 e. The maximum Gasteiger partial charge on any atom is 0.00792 e. The fourth-order valence-corrected chi connectivity index (χ4v) is 3.42. The molecule has 2 heteroatoms. The third-order valence-electron chi connectivity index (χ3n) is 4.61. The molecule has 94 valence electrons. The van der Waals surface area contributed by atoms with Crippen molar-refractivity contribution in [2.45, 2.75) is 70.9 Å². The average Bonchev–Trinajstić information content (AvgIpc) is 2.57. The van der Waals surface area contributed by atoms with Crippen LogP contribution in [0.1, 0.15) is 58.8 Å². The van der Waals surface area contributed by atoms with Gasteiger partial charge in [-0.1, -0.05) is 26.7 Å². The molecule has 0 aromatic heterocycles. The lowest BCUT2D eigenvalue weighted by molar-refractivity contribution is 0.281. The molecule has 2 aliphatic carbocycles. The maximum atomic E-state index is 6.18. The topological polar surface area (TPSA) is 38.0 Å². The molecule has 0 radical (unpaired) electrons. The Morgan fingerprint density at radius 1 is 1.19 bits per heavy atom. The Bertz CT molecular complexity index is 225. The van der Waals surface area contributed by atoms with E-state index in [-0.39, 0.29) is 0 Å². The van der Waals surface area contributed by atoms with E-state index in [1.165, 1.54) is 44.9 Å². The van der Waals surface area contributed by atoms with Crippen LogP contribution >= 0.6 is 0 Å². The number of nitrogens with one attached hydrogen (secondary N) is 1. The van der Waals surface area contributed by atoms with Crippen molar-refractivity contribution >= 4 is 0 Å². The molecule has 2 aliphatic rings. The molecule has 0 amide bonds. The second-order valence-corrected chi connectivity index (χ2v) is 6.72. The Labute approximate surface area is 100 Å². The standard InChI is InChI=1S/C14H28N2/c1-14(2)8-7-12(9-14)16-10-11-5-3-4-6-13(11)15/h11-13,16H,3-10,15H2,1-2H3. The Morgan fingerprint density at radius 2 is 1.94 bits per heavy atom. The molecule has 0 bridgehead atoms. The van der Waals surface area contributed by atoms with Gasteiger partial charge in [-0.3, -0.25) is 0 Å². The fourth-order valence-electron chi connectivity index (χ4n) is 3.42. The molecule has 0 aliphatic heterocycles. The lowest BCUT2D eigenvalue weighted by atomic mass is 9.85. The van der Waals surface area contributed by atoms with E-state index >= 15 is 0 Å². The highest BCUT2D eigenvalue weighted by molar-refractivity contribution is 4.88. The molecule has 2 fully saturated rings. The minimum Gasteiger partial charge on any atom is -0.327 e. The zero-order valence-corrected chi connectivity index (χ0v) is 11.0. The predicted molar refractivity (Wildman–Crippen MR) is 69.4 cm³/mol. The first kappa shape index (κ1) is 12.4. The molecule has 2 nitrogen and oxygen atoms in total. The van der Waals surface area contributed by atoms with Crippen molar-refractivity contribution in [3.63, 3.8) is 0 Å². The van der Waals surface area contributed by atoms with Crippen molar-refractivity contribution in [1.82, 2.24) is 5.32 Å². The molecular formula is C14H28N2. The molecule has 2 saturated carbocycles. The summed E-state index contributed by atoms with van der Waals surface area (Å²) < 4.78 is 0. The SMILES string of the molecule is CC1(C)CCC(NCC2CCCCC2N)C1. The van der Waals surface area contributed by atoms with Crippen molar-refractivity contribution in [2.75, 3.05) is 6.54 Å². The molecule has 0 spiro atoms. The summed E-state index contributed by atoms with van der Waals surface area (Å²) in [5.41, 5.74) is 6.74. The third kappa shape index (κ3) is 3.21. The molecule has 2 rings (SSSR count). The zero-order chi connectivity index (χ0) is 11.6. The second-order valence-electron chi connectivity index (χ2n) is 6.72. The predicted octanol–water partition coefficient (Wildman–Crippen LogP) is 2.67. The van der Waals surface area contributed by atoms with Crippen LogP contribution in [0.2, 0.25) is 0 Å². The first-order valence-corrected chi connectivity index (χ1v) is 7.06. The van der Waals surface area contributed by atoms with Crippen molar-refractivity contribution in [2.24, 2.45) is 17.1 Å². The molecule has 3 N–H and O–H groups in total. The van der Waals surface area contributed by atoms with Crippen molar-refractivity contribution in [3.05, 3.63) is 0 Å². The lowest BCUT2D eigenvalue weighted by Gasteiger charge is -2.30. The molecule has 3 unspecified atom stereocenters. The summed E-state index contributed by atoms with van der Waals surface area (Å²) in [5, 5.41) is 3.76. The van der Waals surface area contributed by atoms with Crippen LogP contribution in [0.4, 0.5) is 0 Å². The Kier molecular flexibility index (Phi) is 3.91. The van der Waals surface area contributed by atoms with E-state index < -0.39 is 0 Å². The monoisotopic (exact) mass is 224 g/mol. The van der Waals surface area contributed by atoms with Gasteiger partial charge in [0.05, 0.1) is 0 Å². The second kappa shape index (κ2) is 5.05. The summed E-state index contributed by atoms with van der Waals surface area (Å²) in [6.45, 7) is 5.93. The van der Waals surface area contributed by atoms with Gasteiger partial charge in [0, 0.05) is 12.1 Å². The Hall–Kier alpha value is -0.0800. The van der Waals surface area contributed by atoms with Gasteiger partial charge < -0.3 is 11.1 Å². The smallest absolute Gasteiger partial charge is 0.00792 e. The van der Waals surface area contributed by atoms with Gasteiger partial charge >= 0.3 is 0 Å². The van der Waals surface area contributed by atoms with E-state index in [4.69, 9.17) is 5.73 Å². The zero-order valence-electron chi connectivity index (χ0n) is 11.0. The molecule has 3 atom stereocenters. The number of hydrogen-bond donors (Lipinski definition) is 2. The summed E-state index contributed by atoms with van der Waals surface area (Å²) in [7, 11) is 0. The van der Waals surface area contributed by atoms with Gasteiger partial charge in [-0.15, -0.1) is 0 Å². The minimum atomic E-state index is 0.454. The first-order valence-electron chi connectivity index (χ1n) is 7.06. The van der Waals surface area contributed by atoms with E-state index in [0.29, 0.717) is 11.5 Å². The number of hydrogen-bond acceptors (Lipinski definition) is 2. The molecule has 0 aromatic carbocycles. The van der Waals surface area contributed by atoms with Crippen LogP contribution in [0.3, 0.4) is 0 Å². The number of rotatable bonds is 3. The normalized spacial score (nSPS) is 38.8. The lowest BCUT2D eigenvalue weighted by Crippen LogP contribution is -2.42. The molecule has 0 aromatic rings. The number of nitrogens with two attached hydrogens (primary N) is 1. The fraction of sp³-hybridized carbons (Fsp3) is 1.00. The summed E-state index contributed by atoms with van der Waals surface area (Å²) in [5.74, 6) is 0.734. The van der Waals surface area contributed by atoms with Crippen molar-refractivity contribution in [1.29, 1.82) is 0 Å². The van der Waals surface area contributed by atoms with Gasteiger partial charge in [-0.2, -0.15) is 0 Å². The highest BCUT2D eigenvalue weighted by Crippen LogP contribution is 2.37. The third-order valence-corrected chi connectivity index (χ3v) is 4.61. The first-order chi connectivity index (χ1) is 7.57. The van der Waals surface area contributed by atoms with E-state index in [9.17, 15) is 0 Å². The van der Waals surface area contributed by atoms with Gasteiger partial charge in [-0.05, 0) is 50.0 Å². The molecule has 0 heterocycles. The van der Waals surface area contributed by atoms with Gasteiger partial charge in [0.2, 0.25) is 0 Å². The van der Waals surface area contributed by atoms with E-state index in [2.05, 4.69) is 19.2 Å². The van der Waals surface area contributed by atoms with Crippen LogP contribution in [0.15, 0.2) is 0 Å². The van der Waals surface area contributed by atoms with Gasteiger partial charge in [0.25, 0.3) is 0 Å². The molecular weight excluding hydrogens is 196 g/mol. The van der Waals surface area contributed by atoms with Gasteiger partial charge in [0.1, 0.15) is 0 Å². The summed E-state index contributed by atoms with van der Waals surface area (Å²) in [4.78, 5) is 0. The van der Waals surface area contributed by atoms with Crippen LogP contribution in [0.25, 0.3) is 0 Å². The van der Waals surface area contributed by atoms with Crippen molar-refractivity contribution in [3.8, 4) is 0 Å². The maximum absolute atomic E-state index is 6.18. The minimum absolute atomic E-state index is 0.454. The van der Waals surface area contributed by atoms with Gasteiger partial charge in [-0.25, -0.2) is 0 Å². The molecule has 0 saturated heterocycles. The van der Waals surface area contributed by atoms with E-state index in [1.54, 1.807) is 0 Å². The highest BCUT2D eigenvalue weighted by Gasteiger charge is 2.31. The average molecular weight is 224 g/mol.